The molecular weight excluding hydrogens is 558 g/mol. The largest absolute Gasteiger partial charge is 0.331 e. The number of carbonyl (C=O) groups excluding carboxylic acids is 2. The zero-order valence-electron chi connectivity index (χ0n) is 27.2. The molecule has 3 rings (SSSR count). The lowest BCUT2D eigenvalue weighted by molar-refractivity contribution is -0.384. The van der Waals surface area contributed by atoms with Crippen molar-refractivity contribution in [3.8, 4) is 11.1 Å². The molecule has 0 N–H and O–H groups in total. The van der Waals surface area contributed by atoms with Crippen molar-refractivity contribution in [3.05, 3.63) is 62.7 Å². The Morgan fingerprint density at radius 3 is 1.75 bits per heavy atom. The summed E-state index contributed by atoms with van der Waals surface area (Å²) in [6.45, 7) is 11.1. The SMILES string of the molecule is CCCCCC/C(=N\OC(C)=O)c1ccc2c(c1)C(CC)(CC)c1cc(/C(CCCCCC)=N/OC(C)=O)cc([N+](=O)[O-])c1-2. The first-order chi connectivity index (χ1) is 21.1. The van der Waals surface area contributed by atoms with Crippen molar-refractivity contribution in [1.82, 2.24) is 0 Å². The van der Waals surface area contributed by atoms with Gasteiger partial charge in [-0.1, -0.05) is 88.7 Å². The van der Waals surface area contributed by atoms with E-state index in [-0.39, 0.29) is 10.6 Å². The minimum absolute atomic E-state index is 0.00715. The Balaban J connectivity index is 2.20. The summed E-state index contributed by atoms with van der Waals surface area (Å²) < 4.78 is 0. The number of nitrogens with zero attached hydrogens (tertiary/aromatic N) is 3. The third kappa shape index (κ3) is 7.98. The number of hydrogen-bond acceptors (Lipinski definition) is 8. The van der Waals surface area contributed by atoms with E-state index in [1.807, 2.05) is 18.2 Å². The Morgan fingerprint density at radius 1 is 0.750 bits per heavy atom. The highest BCUT2D eigenvalue weighted by atomic mass is 16.7. The maximum Gasteiger partial charge on any atom is 0.331 e. The molecule has 238 valence electrons. The van der Waals surface area contributed by atoms with Crippen molar-refractivity contribution in [2.75, 3.05) is 0 Å². The summed E-state index contributed by atoms with van der Waals surface area (Å²) >= 11 is 0. The molecule has 44 heavy (non-hydrogen) atoms. The number of hydrogen-bond donors (Lipinski definition) is 0. The fourth-order valence-electron chi connectivity index (χ4n) is 6.26. The quantitative estimate of drug-likeness (QED) is 0.0583. The number of nitro groups is 1. The van der Waals surface area contributed by atoms with Gasteiger partial charge in [0.15, 0.2) is 0 Å². The van der Waals surface area contributed by atoms with E-state index in [4.69, 9.17) is 9.68 Å². The highest BCUT2D eigenvalue weighted by Gasteiger charge is 2.44. The van der Waals surface area contributed by atoms with Crippen LogP contribution in [0.2, 0.25) is 0 Å². The van der Waals surface area contributed by atoms with Gasteiger partial charge in [0.05, 0.1) is 21.9 Å². The molecule has 2 aromatic carbocycles. The summed E-state index contributed by atoms with van der Waals surface area (Å²) in [4.78, 5) is 45.7. The van der Waals surface area contributed by atoms with Crippen molar-refractivity contribution in [3.63, 3.8) is 0 Å². The maximum atomic E-state index is 12.6. The maximum absolute atomic E-state index is 12.6. The summed E-state index contributed by atoms with van der Waals surface area (Å²) in [5.41, 5.74) is 5.49. The molecule has 0 aliphatic heterocycles. The van der Waals surface area contributed by atoms with Gasteiger partial charge in [-0.05, 0) is 72.9 Å². The molecule has 0 spiro atoms. The molecule has 0 fully saturated rings. The van der Waals surface area contributed by atoms with Crippen LogP contribution in [-0.2, 0) is 24.7 Å². The first-order valence-electron chi connectivity index (χ1n) is 16.1. The van der Waals surface area contributed by atoms with E-state index >= 15 is 0 Å². The second-order valence-corrected chi connectivity index (χ2v) is 11.6. The number of rotatable bonds is 17. The first kappa shape index (κ1) is 34.6. The minimum Gasteiger partial charge on any atom is -0.318 e. The molecule has 1 aliphatic rings. The molecule has 9 nitrogen and oxygen atoms in total. The molecule has 0 atom stereocenters. The van der Waals surface area contributed by atoms with E-state index in [1.165, 1.54) is 13.8 Å². The lowest BCUT2D eigenvalue weighted by Crippen LogP contribution is -2.24. The van der Waals surface area contributed by atoms with E-state index in [1.54, 1.807) is 6.07 Å². The lowest BCUT2D eigenvalue weighted by Gasteiger charge is -2.30. The number of oxime groups is 2. The number of carbonyl (C=O) groups is 2. The molecule has 0 saturated heterocycles. The fourth-order valence-corrected chi connectivity index (χ4v) is 6.26. The summed E-state index contributed by atoms with van der Waals surface area (Å²) in [6.07, 6.45) is 10.8. The molecule has 0 aromatic heterocycles. The highest BCUT2D eigenvalue weighted by Crippen LogP contribution is 2.56. The van der Waals surface area contributed by atoms with Crippen molar-refractivity contribution >= 4 is 29.0 Å². The second kappa shape index (κ2) is 16.3. The Hall–Kier alpha value is -3.88. The van der Waals surface area contributed by atoms with Crippen LogP contribution in [0.3, 0.4) is 0 Å². The van der Waals surface area contributed by atoms with Gasteiger partial charge in [0, 0.05) is 30.9 Å². The van der Waals surface area contributed by atoms with E-state index < -0.39 is 17.4 Å². The molecule has 9 heteroatoms. The van der Waals surface area contributed by atoms with Crippen LogP contribution in [0.15, 0.2) is 40.6 Å². The highest BCUT2D eigenvalue weighted by molar-refractivity contribution is 6.05. The molecule has 0 bridgehead atoms. The van der Waals surface area contributed by atoms with Crippen LogP contribution in [0.5, 0.6) is 0 Å². The Morgan fingerprint density at radius 2 is 1.27 bits per heavy atom. The third-order valence-electron chi connectivity index (χ3n) is 8.61. The van der Waals surface area contributed by atoms with Gasteiger partial charge in [0.1, 0.15) is 0 Å². The molecule has 0 amide bonds. The monoisotopic (exact) mass is 605 g/mol. The van der Waals surface area contributed by atoms with Crippen LogP contribution in [-0.4, -0.2) is 28.3 Å². The van der Waals surface area contributed by atoms with Crippen LogP contribution >= 0.6 is 0 Å². The smallest absolute Gasteiger partial charge is 0.318 e. The van der Waals surface area contributed by atoms with Gasteiger partial charge in [-0.25, -0.2) is 9.59 Å². The molecule has 0 radical (unpaired) electrons. The molecule has 0 saturated carbocycles. The van der Waals surface area contributed by atoms with E-state index in [0.717, 1.165) is 73.6 Å². The van der Waals surface area contributed by atoms with Gasteiger partial charge in [0.2, 0.25) is 0 Å². The van der Waals surface area contributed by atoms with Crippen LogP contribution in [0.1, 0.15) is 141 Å². The van der Waals surface area contributed by atoms with Gasteiger partial charge < -0.3 is 9.68 Å². The van der Waals surface area contributed by atoms with E-state index in [0.29, 0.717) is 48.2 Å². The van der Waals surface area contributed by atoms with Gasteiger partial charge in [0.25, 0.3) is 5.69 Å². The summed E-state index contributed by atoms with van der Waals surface area (Å²) in [5.74, 6) is -1.02. The predicted octanol–water partition coefficient (Wildman–Crippen LogP) is 9.16. The number of benzene rings is 2. The van der Waals surface area contributed by atoms with E-state index in [2.05, 4.69) is 44.1 Å². The summed E-state index contributed by atoms with van der Waals surface area (Å²) in [7, 11) is 0. The van der Waals surface area contributed by atoms with Crippen LogP contribution in [0.25, 0.3) is 11.1 Å². The summed E-state index contributed by atoms with van der Waals surface area (Å²) in [6, 6.07) is 9.52. The van der Waals surface area contributed by atoms with Crippen molar-refractivity contribution in [2.45, 2.75) is 124 Å². The van der Waals surface area contributed by atoms with Crippen molar-refractivity contribution < 1.29 is 24.2 Å². The molecule has 0 unspecified atom stereocenters. The van der Waals surface area contributed by atoms with Crippen LogP contribution in [0, 0.1) is 10.1 Å². The fraction of sp³-hybridized carbons (Fsp3) is 0.543. The van der Waals surface area contributed by atoms with Crippen LogP contribution in [0.4, 0.5) is 5.69 Å². The topological polar surface area (TPSA) is 120 Å². The van der Waals surface area contributed by atoms with Gasteiger partial charge >= 0.3 is 11.9 Å². The number of nitro benzene ring substituents is 1. The second-order valence-electron chi connectivity index (χ2n) is 11.6. The Labute approximate surface area is 261 Å². The Kier molecular flexibility index (Phi) is 12.8. The molecule has 1 aliphatic carbocycles. The van der Waals surface area contributed by atoms with Crippen molar-refractivity contribution in [2.24, 2.45) is 10.3 Å². The first-order valence-corrected chi connectivity index (χ1v) is 16.1. The number of unbranched alkanes of at least 4 members (excludes halogenated alkanes) is 6. The zero-order valence-corrected chi connectivity index (χ0v) is 27.2. The van der Waals surface area contributed by atoms with E-state index in [9.17, 15) is 19.7 Å². The predicted molar refractivity (Wildman–Crippen MR) is 174 cm³/mol. The van der Waals surface area contributed by atoms with Gasteiger partial charge in [-0.3, -0.25) is 10.1 Å². The minimum atomic E-state index is -0.538. The van der Waals surface area contributed by atoms with Gasteiger partial charge in [-0.15, -0.1) is 0 Å². The standard InChI is InChI=1S/C35H47N3O6/c1-7-11-13-15-17-31(36-43-24(5)39)26-19-20-28-29(21-26)35(9-3,10-4)30-22-27(23-33(34(28)30)38(41)42)32(37-44-25(6)40)18-16-14-12-8-2/h19-23H,7-18H2,1-6H3/b36-31+,37-32+. The molecule has 0 heterocycles. The lowest BCUT2D eigenvalue weighted by atomic mass is 9.73. The van der Waals surface area contributed by atoms with Crippen molar-refractivity contribution in [1.29, 1.82) is 0 Å². The average Bonchev–Trinajstić information content (AvgIpc) is 3.28. The summed E-state index contributed by atoms with van der Waals surface area (Å²) in [5, 5.41) is 21.0. The van der Waals surface area contributed by atoms with Crippen LogP contribution < -0.4 is 0 Å². The molecular formula is C35H47N3O6. The number of fused-ring (bicyclic) bond motifs is 3. The zero-order chi connectivity index (χ0) is 32.3. The third-order valence-corrected chi connectivity index (χ3v) is 8.61. The normalized spacial score (nSPS) is 13.8. The Bertz CT molecular complexity index is 1410. The molecule has 2 aromatic rings. The van der Waals surface area contributed by atoms with Gasteiger partial charge in [-0.2, -0.15) is 0 Å². The average molecular weight is 606 g/mol.